The van der Waals surface area contributed by atoms with Gasteiger partial charge in [0, 0.05) is 55.7 Å². The number of hydrogen-bond donors (Lipinski definition) is 0. The number of hydrogen-bond acceptors (Lipinski definition) is 5. The van der Waals surface area contributed by atoms with Crippen molar-refractivity contribution in [3.05, 3.63) is 47.4 Å². The molecule has 2 fully saturated rings. The van der Waals surface area contributed by atoms with E-state index in [0.717, 1.165) is 80.0 Å². The van der Waals surface area contributed by atoms with Crippen LogP contribution in [-0.2, 0) is 22.4 Å². The van der Waals surface area contributed by atoms with Gasteiger partial charge in [0.1, 0.15) is 17.7 Å². The maximum absolute atomic E-state index is 13.8. The molecule has 1 aromatic carbocycles. The van der Waals surface area contributed by atoms with Gasteiger partial charge in [0.05, 0.1) is 5.69 Å². The number of aryl methyl sites for hydroxylation is 1. The van der Waals surface area contributed by atoms with Gasteiger partial charge in [0.2, 0.25) is 0 Å². The third-order valence-corrected chi connectivity index (χ3v) is 7.07. The monoisotopic (exact) mass is 449 g/mol. The van der Waals surface area contributed by atoms with E-state index in [1.54, 1.807) is 6.07 Å². The first-order valence-electron chi connectivity index (χ1n) is 12.0. The Morgan fingerprint density at radius 1 is 1.06 bits per heavy atom. The van der Waals surface area contributed by atoms with Crippen molar-refractivity contribution in [3.8, 4) is 11.3 Å². The molecule has 1 atom stereocenters. The van der Waals surface area contributed by atoms with Crippen molar-refractivity contribution >= 4 is 17.4 Å². The Bertz CT molecular complexity index is 1190. The third-order valence-electron chi connectivity index (χ3n) is 7.07. The van der Waals surface area contributed by atoms with Crippen molar-refractivity contribution < 1.29 is 13.9 Å². The van der Waals surface area contributed by atoms with E-state index in [-0.39, 0.29) is 17.8 Å². The predicted octanol–water partition coefficient (Wildman–Crippen LogP) is 3.24. The fraction of sp³-hybridized carbons (Fsp3) is 0.480. The molecule has 0 bridgehead atoms. The van der Waals surface area contributed by atoms with Crippen LogP contribution in [0.3, 0.4) is 0 Å². The highest BCUT2D eigenvalue weighted by Crippen LogP contribution is 2.33. The zero-order chi connectivity index (χ0) is 22.4. The number of amides is 1. The van der Waals surface area contributed by atoms with Gasteiger partial charge < -0.3 is 14.5 Å². The van der Waals surface area contributed by atoms with Crippen molar-refractivity contribution in [2.45, 2.75) is 44.6 Å². The SMILES string of the molecule is O=C([C@@H]1CCCO1)N1CCN(c2c3c(nc4cc(-c5cccc(F)c5)nn24)CCCC3)CC1. The molecule has 0 spiro atoms. The van der Waals surface area contributed by atoms with Crippen molar-refractivity contribution in [2.75, 3.05) is 37.7 Å². The van der Waals surface area contributed by atoms with Gasteiger partial charge in [-0.05, 0) is 50.7 Å². The van der Waals surface area contributed by atoms with Crippen LogP contribution in [0.25, 0.3) is 16.9 Å². The normalized spacial score (nSPS) is 20.9. The number of aromatic nitrogens is 3. The molecular weight excluding hydrogens is 421 g/mol. The summed E-state index contributed by atoms with van der Waals surface area (Å²) >= 11 is 0. The zero-order valence-corrected chi connectivity index (χ0v) is 18.7. The maximum Gasteiger partial charge on any atom is 0.251 e. The lowest BCUT2D eigenvalue weighted by molar-refractivity contribution is -0.141. The lowest BCUT2D eigenvalue weighted by atomic mass is 9.96. The lowest BCUT2D eigenvalue weighted by Gasteiger charge is -2.38. The Kier molecular flexibility index (Phi) is 5.25. The molecular formula is C25H28FN5O2. The molecule has 33 heavy (non-hydrogen) atoms. The molecule has 7 nitrogen and oxygen atoms in total. The standard InChI is InChI=1S/C25H28FN5O2/c26-18-6-3-5-17(15-18)21-16-23-27-20-8-2-1-7-19(20)24(31(23)28-21)29-10-12-30(13-11-29)25(32)22-9-4-14-33-22/h3,5-6,15-16,22H,1-2,4,7-14H2/t22-/m0/s1. The minimum atomic E-state index is -0.274. The average Bonchev–Trinajstić information content (AvgIpc) is 3.52. The van der Waals surface area contributed by atoms with E-state index < -0.39 is 0 Å². The topological polar surface area (TPSA) is 63.0 Å². The highest BCUT2D eigenvalue weighted by molar-refractivity contribution is 5.81. The third kappa shape index (κ3) is 3.76. The molecule has 2 aromatic heterocycles. The van der Waals surface area contributed by atoms with Crippen LogP contribution in [0.1, 0.15) is 36.9 Å². The van der Waals surface area contributed by atoms with E-state index >= 15 is 0 Å². The number of piperazine rings is 1. The van der Waals surface area contributed by atoms with Gasteiger partial charge >= 0.3 is 0 Å². The zero-order valence-electron chi connectivity index (χ0n) is 18.7. The molecule has 2 aliphatic heterocycles. The van der Waals surface area contributed by atoms with Crippen LogP contribution < -0.4 is 4.90 Å². The van der Waals surface area contributed by atoms with Crippen molar-refractivity contribution in [3.63, 3.8) is 0 Å². The van der Waals surface area contributed by atoms with Crippen LogP contribution in [0.4, 0.5) is 10.2 Å². The number of halogens is 1. The van der Waals surface area contributed by atoms with Crippen molar-refractivity contribution in [2.24, 2.45) is 0 Å². The second-order valence-corrected chi connectivity index (χ2v) is 9.19. The van der Waals surface area contributed by atoms with E-state index in [1.807, 2.05) is 21.5 Å². The second kappa shape index (κ2) is 8.41. The summed E-state index contributed by atoms with van der Waals surface area (Å²) in [6.45, 7) is 3.54. The van der Waals surface area contributed by atoms with E-state index in [4.69, 9.17) is 14.8 Å². The number of ether oxygens (including phenoxy) is 1. The second-order valence-electron chi connectivity index (χ2n) is 9.19. The summed E-state index contributed by atoms with van der Waals surface area (Å²) in [5, 5.41) is 4.87. The maximum atomic E-state index is 13.8. The summed E-state index contributed by atoms with van der Waals surface area (Å²) < 4.78 is 21.4. The quantitative estimate of drug-likeness (QED) is 0.614. The van der Waals surface area contributed by atoms with E-state index in [2.05, 4.69) is 4.90 Å². The largest absolute Gasteiger partial charge is 0.368 e. The van der Waals surface area contributed by atoms with E-state index in [0.29, 0.717) is 19.7 Å². The number of fused-ring (bicyclic) bond motifs is 2. The number of carbonyl (C=O) groups excluding carboxylic acids is 1. The summed E-state index contributed by atoms with van der Waals surface area (Å²) in [6, 6.07) is 8.48. The van der Waals surface area contributed by atoms with Crippen LogP contribution in [0.5, 0.6) is 0 Å². The average molecular weight is 450 g/mol. The number of nitrogens with zero attached hydrogens (tertiary/aromatic N) is 5. The lowest BCUT2D eigenvalue weighted by Crippen LogP contribution is -2.52. The highest BCUT2D eigenvalue weighted by atomic mass is 19.1. The fourth-order valence-corrected chi connectivity index (χ4v) is 5.35. The summed E-state index contributed by atoms with van der Waals surface area (Å²) in [7, 11) is 0. The Balaban J connectivity index is 1.34. The van der Waals surface area contributed by atoms with Gasteiger partial charge in [0.25, 0.3) is 5.91 Å². The first-order valence-corrected chi connectivity index (χ1v) is 12.0. The summed E-state index contributed by atoms with van der Waals surface area (Å²) in [5.74, 6) is 0.937. The van der Waals surface area contributed by atoms with Crippen LogP contribution in [0.2, 0.25) is 0 Å². The molecule has 0 saturated carbocycles. The smallest absolute Gasteiger partial charge is 0.251 e. The molecule has 6 rings (SSSR count). The summed E-state index contributed by atoms with van der Waals surface area (Å²) in [6.07, 6.45) is 5.76. The highest BCUT2D eigenvalue weighted by Gasteiger charge is 2.32. The molecule has 0 unspecified atom stereocenters. The van der Waals surface area contributed by atoms with Gasteiger partial charge in [-0.2, -0.15) is 9.61 Å². The Morgan fingerprint density at radius 2 is 1.91 bits per heavy atom. The summed E-state index contributed by atoms with van der Waals surface area (Å²) in [4.78, 5) is 22.0. The summed E-state index contributed by atoms with van der Waals surface area (Å²) in [5.41, 5.74) is 4.67. The van der Waals surface area contributed by atoms with Gasteiger partial charge in [0.15, 0.2) is 5.65 Å². The molecule has 1 amide bonds. The first-order chi connectivity index (χ1) is 16.2. The van der Waals surface area contributed by atoms with E-state index in [1.165, 1.54) is 17.7 Å². The number of benzene rings is 1. The molecule has 2 saturated heterocycles. The molecule has 1 aliphatic carbocycles. The van der Waals surface area contributed by atoms with Crippen LogP contribution >= 0.6 is 0 Å². The molecule has 8 heteroatoms. The van der Waals surface area contributed by atoms with Crippen LogP contribution in [0, 0.1) is 5.82 Å². The molecule has 0 N–H and O–H groups in total. The molecule has 3 aromatic rings. The Morgan fingerprint density at radius 3 is 2.70 bits per heavy atom. The minimum absolute atomic E-state index is 0.126. The first kappa shape index (κ1) is 20.6. The molecule has 4 heterocycles. The van der Waals surface area contributed by atoms with Crippen LogP contribution in [0.15, 0.2) is 30.3 Å². The Hall–Kier alpha value is -3.00. The van der Waals surface area contributed by atoms with Crippen molar-refractivity contribution in [1.82, 2.24) is 19.5 Å². The van der Waals surface area contributed by atoms with Gasteiger partial charge in [-0.3, -0.25) is 4.79 Å². The van der Waals surface area contributed by atoms with Crippen LogP contribution in [-0.4, -0.2) is 64.3 Å². The van der Waals surface area contributed by atoms with Gasteiger partial charge in [-0.25, -0.2) is 9.37 Å². The van der Waals surface area contributed by atoms with Crippen molar-refractivity contribution in [1.29, 1.82) is 0 Å². The number of rotatable bonds is 3. The van der Waals surface area contributed by atoms with E-state index in [9.17, 15) is 9.18 Å². The Labute approximate surface area is 192 Å². The predicted molar refractivity (Wildman–Crippen MR) is 123 cm³/mol. The molecule has 0 radical (unpaired) electrons. The van der Waals surface area contributed by atoms with Gasteiger partial charge in [-0.1, -0.05) is 12.1 Å². The minimum Gasteiger partial charge on any atom is -0.368 e. The van der Waals surface area contributed by atoms with Gasteiger partial charge in [-0.15, -0.1) is 0 Å². The fourth-order valence-electron chi connectivity index (χ4n) is 5.35. The number of carbonyl (C=O) groups is 1. The number of anilines is 1. The molecule has 172 valence electrons. The molecule has 3 aliphatic rings.